The molecule has 6 heteroatoms. The van der Waals surface area contributed by atoms with Gasteiger partial charge in [-0.1, -0.05) is 12.5 Å². The molecule has 1 amide bonds. The van der Waals surface area contributed by atoms with Crippen LogP contribution < -0.4 is 5.32 Å². The van der Waals surface area contributed by atoms with Crippen LogP contribution in [-0.2, 0) is 12.8 Å². The summed E-state index contributed by atoms with van der Waals surface area (Å²) in [6.45, 7) is 6.10. The number of carbonyl (C=O) groups excluding carboxylic acids is 1. The van der Waals surface area contributed by atoms with E-state index in [2.05, 4.69) is 32.4 Å². The molecule has 3 heterocycles. The molecule has 3 aromatic rings. The average molecular weight is 390 g/mol. The van der Waals surface area contributed by atoms with Crippen molar-refractivity contribution >= 4 is 17.2 Å². The molecule has 0 unspecified atom stereocenters. The Morgan fingerprint density at radius 1 is 1.10 bits per heavy atom. The monoisotopic (exact) mass is 389 g/mol. The summed E-state index contributed by atoms with van der Waals surface area (Å²) in [5.41, 5.74) is 6.62. The first kappa shape index (κ1) is 18.3. The van der Waals surface area contributed by atoms with Crippen LogP contribution in [0.5, 0.6) is 0 Å². The van der Waals surface area contributed by atoms with Crippen LogP contribution in [0.25, 0.3) is 5.65 Å². The van der Waals surface area contributed by atoms with Gasteiger partial charge in [-0.2, -0.15) is 5.10 Å². The van der Waals surface area contributed by atoms with Crippen molar-refractivity contribution < 1.29 is 4.79 Å². The Labute approximate surface area is 170 Å². The van der Waals surface area contributed by atoms with Gasteiger partial charge < -0.3 is 5.32 Å². The second-order valence-corrected chi connectivity index (χ2v) is 8.37. The minimum Gasteiger partial charge on any atom is -0.322 e. The number of hydrogen-bond donors (Lipinski definition) is 1. The number of fused-ring (bicyclic) bond motifs is 2. The van der Waals surface area contributed by atoms with Crippen LogP contribution in [0.4, 0.5) is 5.69 Å². The van der Waals surface area contributed by atoms with E-state index in [0.717, 1.165) is 54.7 Å². The van der Waals surface area contributed by atoms with Gasteiger partial charge in [-0.25, -0.2) is 9.50 Å². The minimum absolute atomic E-state index is 0.144. The van der Waals surface area contributed by atoms with Crippen LogP contribution in [-0.4, -0.2) is 44.5 Å². The summed E-state index contributed by atoms with van der Waals surface area (Å²) in [6.07, 6.45) is 7.87. The first-order chi connectivity index (χ1) is 14.1. The highest BCUT2D eigenvalue weighted by Crippen LogP contribution is 2.28. The molecule has 1 aliphatic carbocycles. The van der Waals surface area contributed by atoms with E-state index in [1.54, 1.807) is 10.7 Å². The van der Waals surface area contributed by atoms with E-state index >= 15 is 0 Å². The minimum atomic E-state index is -0.144. The van der Waals surface area contributed by atoms with Gasteiger partial charge in [0.1, 0.15) is 0 Å². The molecule has 0 saturated heterocycles. The molecule has 1 aromatic carbocycles. The molecule has 0 bridgehead atoms. The summed E-state index contributed by atoms with van der Waals surface area (Å²) in [5.74, 6) is -0.144. The van der Waals surface area contributed by atoms with Gasteiger partial charge in [0.2, 0.25) is 0 Å². The first-order valence-corrected chi connectivity index (χ1v) is 10.6. The van der Waals surface area contributed by atoms with E-state index in [0.29, 0.717) is 5.56 Å². The van der Waals surface area contributed by atoms with Gasteiger partial charge in [-0.3, -0.25) is 9.69 Å². The Morgan fingerprint density at radius 2 is 1.90 bits per heavy atom. The van der Waals surface area contributed by atoms with Gasteiger partial charge in [-0.05, 0) is 62.8 Å². The zero-order valence-electron chi connectivity index (χ0n) is 17.1. The number of nitrogens with zero attached hydrogens (tertiary/aromatic N) is 4. The van der Waals surface area contributed by atoms with Gasteiger partial charge in [0.15, 0.2) is 5.65 Å². The van der Waals surface area contributed by atoms with E-state index in [1.807, 2.05) is 26.0 Å². The highest BCUT2D eigenvalue weighted by Gasteiger charge is 2.26. The number of nitrogens with one attached hydrogen (secondary N) is 1. The lowest BCUT2D eigenvalue weighted by Crippen LogP contribution is -2.41. The fraction of sp³-hybridized carbons (Fsp3) is 0.435. The van der Waals surface area contributed by atoms with Crippen molar-refractivity contribution in [1.29, 1.82) is 0 Å². The molecular weight excluding hydrogens is 362 g/mol. The number of aromatic nitrogens is 3. The van der Waals surface area contributed by atoms with E-state index in [9.17, 15) is 4.79 Å². The fourth-order valence-corrected chi connectivity index (χ4v) is 4.52. The molecule has 1 N–H and O–H groups in total. The molecule has 1 saturated carbocycles. The third kappa shape index (κ3) is 3.42. The summed E-state index contributed by atoms with van der Waals surface area (Å²) >= 11 is 0. The predicted molar refractivity (Wildman–Crippen MR) is 113 cm³/mol. The molecule has 1 aliphatic heterocycles. The van der Waals surface area contributed by atoms with E-state index in [4.69, 9.17) is 0 Å². The topological polar surface area (TPSA) is 62.5 Å². The van der Waals surface area contributed by atoms with Crippen LogP contribution in [0.2, 0.25) is 0 Å². The Kier molecular flexibility index (Phi) is 4.59. The molecule has 6 nitrogen and oxygen atoms in total. The van der Waals surface area contributed by atoms with Crippen molar-refractivity contribution in [3.63, 3.8) is 0 Å². The maximum atomic E-state index is 12.9. The lowest BCUT2D eigenvalue weighted by atomic mass is 9.91. The van der Waals surface area contributed by atoms with Gasteiger partial charge in [0.05, 0.1) is 17.0 Å². The number of anilines is 1. The predicted octanol–water partition coefficient (Wildman–Crippen LogP) is 3.55. The summed E-state index contributed by atoms with van der Waals surface area (Å²) < 4.78 is 1.73. The van der Waals surface area contributed by atoms with Crippen molar-refractivity contribution in [3.8, 4) is 0 Å². The van der Waals surface area contributed by atoms with Crippen molar-refractivity contribution in [3.05, 3.63) is 58.5 Å². The van der Waals surface area contributed by atoms with Gasteiger partial charge >= 0.3 is 0 Å². The zero-order chi connectivity index (χ0) is 20.0. The maximum Gasteiger partial charge on any atom is 0.259 e. The number of rotatable bonds is 3. The molecule has 0 radical (unpaired) electrons. The Bertz CT molecular complexity index is 1080. The fourth-order valence-electron chi connectivity index (χ4n) is 4.52. The Hall–Kier alpha value is -2.73. The van der Waals surface area contributed by atoms with Gasteiger partial charge in [-0.15, -0.1) is 0 Å². The third-order valence-corrected chi connectivity index (χ3v) is 6.48. The summed E-state index contributed by atoms with van der Waals surface area (Å²) in [7, 11) is 0. The highest BCUT2D eigenvalue weighted by atomic mass is 16.1. The van der Waals surface area contributed by atoms with Crippen molar-refractivity contribution in [2.24, 2.45) is 0 Å². The number of benzene rings is 1. The summed E-state index contributed by atoms with van der Waals surface area (Å²) in [6, 6.07) is 9.06. The number of hydrogen-bond acceptors (Lipinski definition) is 4. The molecule has 2 aliphatic rings. The first-order valence-electron chi connectivity index (χ1n) is 10.6. The molecule has 1 fully saturated rings. The average Bonchev–Trinajstić information content (AvgIpc) is 2.93. The third-order valence-electron chi connectivity index (χ3n) is 6.48. The van der Waals surface area contributed by atoms with E-state index < -0.39 is 0 Å². The molecule has 0 atom stereocenters. The molecule has 5 rings (SSSR count). The number of amides is 1. The quantitative estimate of drug-likeness (QED) is 0.744. The van der Waals surface area contributed by atoms with Crippen molar-refractivity contribution in [2.45, 2.75) is 52.0 Å². The Morgan fingerprint density at radius 3 is 2.66 bits per heavy atom. The molecule has 150 valence electrons. The molecule has 29 heavy (non-hydrogen) atoms. The highest BCUT2D eigenvalue weighted by molar-refractivity contribution is 6.05. The van der Waals surface area contributed by atoms with Crippen molar-refractivity contribution in [1.82, 2.24) is 19.5 Å². The standard InChI is InChI=1S/C23H27N5O/c1-15-12-22-24-14-21(16(2)28(22)26-15)23(29)25-19-7-6-17-8-10-27(20-4-3-5-20)11-9-18(17)13-19/h6-7,12-14,20H,3-5,8-11H2,1-2H3,(H,25,29). The van der Waals surface area contributed by atoms with Gasteiger partial charge in [0, 0.05) is 37.1 Å². The molecular formula is C23H27N5O. The maximum absolute atomic E-state index is 12.9. The zero-order valence-corrected chi connectivity index (χ0v) is 17.1. The van der Waals surface area contributed by atoms with Crippen LogP contribution >= 0.6 is 0 Å². The normalized spacial score (nSPS) is 17.6. The van der Waals surface area contributed by atoms with Crippen LogP contribution in [0.1, 0.15) is 52.1 Å². The second kappa shape index (κ2) is 7.26. The van der Waals surface area contributed by atoms with Crippen LogP contribution in [0, 0.1) is 13.8 Å². The molecule has 2 aromatic heterocycles. The van der Waals surface area contributed by atoms with Crippen molar-refractivity contribution in [2.75, 3.05) is 18.4 Å². The Balaban J connectivity index is 1.34. The summed E-state index contributed by atoms with van der Waals surface area (Å²) in [5, 5.41) is 7.50. The van der Waals surface area contributed by atoms with Crippen LogP contribution in [0.3, 0.4) is 0 Å². The largest absolute Gasteiger partial charge is 0.322 e. The summed E-state index contributed by atoms with van der Waals surface area (Å²) in [4.78, 5) is 19.9. The number of carbonyl (C=O) groups is 1. The smallest absolute Gasteiger partial charge is 0.259 e. The van der Waals surface area contributed by atoms with Gasteiger partial charge in [0.25, 0.3) is 5.91 Å². The number of aryl methyl sites for hydroxylation is 2. The molecule has 0 spiro atoms. The SMILES string of the molecule is Cc1cc2ncc(C(=O)Nc3ccc4c(c3)CCN(C3CCC3)CC4)c(C)n2n1. The lowest BCUT2D eigenvalue weighted by Gasteiger charge is -2.36. The van der Waals surface area contributed by atoms with E-state index in [1.165, 1.54) is 30.4 Å². The second-order valence-electron chi connectivity index (χ2n) is 8.37. The lowest BCUT2D eigenvalue weighted by molar-refractivity contribution is 0.102. The van der Waals surface area contributed by atoms with E-state index in [-0.39, 0.29) is 5.91 Å². The van der Waals surface area contributed by atoms with Crippen LogP contribution in [0.15, 0.2) is 30.5 Å².